The zero-order valence-electron chi connectivity index (χ0n) is 9.01. The van der Waals surface area contributed by atoms with Crippen molar-refractivity contribution in [3.8, 4) is 11.3 Å². The van der Waals surface area contributed by atoms with Crippen molar-refractivity contribution in [1.82, 2.24) is 15.0 Å². The van der Waals surface area contributed by atoms with Crippen LogP contribution in [0.5, 0.6) is 0 Å². The summed E-state index contributed by atoms with van der Waals surface area (Å²) in [6.45, 7) is 1.97. The molecule has 0 fully saturated rings. The van der Waals surface area contributed by atoms with E-state index in [4.69, 9.17) is 5.11 Å². The van der Waals surface area contributed by atoms with Gasteiger partial charge in [0.1, 0.15) is 5.69 Å². The zero-order chi connectivity index (χ0) is 11.7. The van der Waals surface area contributed by atoms with Gasteiger partial charge in [-0.25, -0.2) is 4.79 Å². The Balaban J connectivity index is 2.55. The highest BCUT2D eigenvalue weighted by Crippen LogP contribution is 2.20. The van der Waals surface area contributed by atoms with Crippen molar-refractivity contribution in [3.63, 3.8) is 0 Å². The van der Waals surface area contributed by atoms with Crippen LogP contribution in [0, 0.1) is 6.92 Å². The highest BCUT2D eigenvalue weighted by atomic mass is 16.4. The minimum atomic E-state index is -1.07. The topological polar surface area (TPSA) is 68.0 Å². The molecule has 0 aliphatic rings. The third kappa shape index (κ3) is 1.79. The number of benzene rings is 1. The molecule has 1 aromatic heterocycles. The Labute approximate surface area is 92.3 Å². The number of aromatic nitrogens is 3. The fraction of sp³-hybridized carbons (Fsp3) is 0.182. The standard InChI is InChI=1S/C11H11N3O2/c1-7-3-5-8(6-4-7)9-10(11(15)16)13-14(2)12-9/h3-6H,1-2H3,(H,15,16). The quantitative estimate of drug-likeness (QED) is 0.827. The van der Waals surface area contributed by atoms with Gasteiger partial charge in [-0.2, -0.15) is 9.90 Å². The molecule has 16 heavy (non-hydrogen) atoms. The van der Waals surface area contributed by atoms with Crippen LogP contribution < -0.4 is 0 Å². The van der Waals surface area contributed by atoms with Gasteiger partial charge in [0.2, 0.25) is 0 Å². The second-order valence-electron chi connectivity index (χ2n) is 3.56. The number of hydrogen-bond donors (Lipinski definition) is 1. The number of nitrogens with zero attached hydrogens (tertiary/aromatic N) is 3. The highest BCUT2D eigenvalue weighted by molar-refractivity contribution is 5.92. The van der Waals surface area contributed by atoms with Gasteiger partial charge in [-0.3, -0.25) is 0 Å². The Morgan fingerprint density at radius 1 is 1.25 bits per heavy atom. The Morgan fingerprint density at radius 3 is 2.44 bits per heavy atom. The second-order valence-corrected chi connectivity index (χ2v) is 3.56. The first-order valence-corrected chi connectivity index (χ1v) is 4.79. The molecular formula is C11H11N3O2. The summed E-state index contributed by atoms with van der Waals surface area (Å²) in [6, 6.07) is 7.50. The molecule has 0 amide bonds. The fourth-order valence-corrected chi connectivity index (χ4v) is 1.46. The lowest BCUT2D eigenvalue weighted by atomic mass is 10.1. The van der Waals surface area contributed by atoms with Crippen molar-refractivity contribution < 1.29 is 9.90 Å². The van der Waals surface area contributed by atoms with Crippen LogP contribution in [0.15, 0.2) is 24.3 Å². The first-order chi connectivity index (χ1) is 7.58. The Morgan fingerprint density at radius 2 is 1.88 bits per heavy atom. The third-order valence-corrected chi connectivity index (χ3v) is 2.24. The largest absolute Gasteiger partial charge is 0.476 e. The lowest BCUT2D eigenvalue weighted by molar-refractivity contribution is 0.0690. The number of aryl methyl sites for hydroxylation is 2. The molecule has 5 heteroatoms. The predicted octanol–water partition coefficient (Wildman–Crippen LogP) is 1.49. The summed E-state index contributed by atoms with van der Waals surface area (Å²) in [4.78, 5) is 12.2. The summed E-state index contributed by atoms with van der Waals surface area (Å²) in [5.74, 6) is -1.07. The van der Waals surface area contributed by atoms with Gasteiger partial charge in [-0.1, -0.05) is 29.8 Å². The van der Waals surface area contributed by atoms with Crippen molar-refractivity contribution in [1.29, 1.82) is 0 Å². The summed E-state index contributed by atoms with van der Waals surface area (Å²) in [7, 11) is 1.60. The molecular weight excluding hydrogens is 206 g/mol. The van der Waals surface area contributed by atoms with Gasteiger partial charge in [0, 0.05) is 12.6 Å². The summed E-state index contributed by atoms with van der Waals surface area (Å²) < 4.78 is 0. The van der Waals surface area contributed by atoms with E-state index < -0.39 is 5.97 Å². The molecule has 0 radical (unpaired) electrons. The first kappa shape index (κ1) is 10.4. The van der Waals surface area contributed by atoms with Crippen LogP contribution in [0.1, 0.15) is 16.1 Å². The van der Waals surface area contributed by atoms with Gasteiger partial charge >= 0.3 is 5.97 Å². The average Bonchev–Trinajstić information content (AvgIpc) is 2.61. The van der Waals surface area contributed by atoms with Gasteiger partial charge in [0.15, 0.2) is 5.69 Å². The van der Waals surface area contributed by atoms with Crippen LogP contribution in [0.4, 0.5) is 0 Å². The third-order valence-electron chi connectivity index (χ3n) is 2.24. The molecule has 2 aromatic rings. The summed E-state index contributed by atoms with van der Waals surface area (Å²) >= 11 is 0. The summed E-state index contributed by atoms with van der Waals surface area (Å²) in [5.41, 5.74) is 2.25. The number of aromatic carboxylic acids is 1. The first-order valence-electron chi connectivity index (χ1n) is 4.79. The normalized spacial score (nSPS) is 10.4. The van der Waals surface area contributed by atoms with Gasteiger partial charge in [-0.05, 0) is 6.92 Å². The zero-order valence-corrected chi connectivity index (χ0v) is 9.01. The lowest BCUT2D eigenvalue weighted by Crippen LogP contribution is -2.00. The smallest absolute Gasteiger partial charge is 0.358 e. The molecule has 5 nitrogen and oxygen atoms in total. The van der Waals surface area contributed by atoms with E-state index in [0.717, 1.165) is 11.1 Å². The van der Waals surface area contributed by atoms with Crippen molar-refractivity contribution >= 4 is 5.97 Å². The van der Waals surface area contributed by atoms with Crippen molar-refractivity contribution in [3.05, 3.63) is 35.5 Å². The highest BCUT2D eigenvalue weighted by Gasteiger charge is 2.17. The second kappa shape index (κ2) is 3.77. The van der Waals surface area contributed by atoms with E-state index in [0.29, 0.717) is 5.69 Å². The number of carboxylic acid groups (broad SMARTS) is 1. The molecule has 0 saturated carbocycles. The molecule has 1 aromatic carbocycles. The van der Waals surface area contributed by atoms with E-state index >= 15 is 0 Å². The molecule has 1 heterocycles. The molecule has 0 aliphatic carbocycles. The molecule has 1 N–H and O–H groups in total. The van der Waals surface area contributed by atoms with Gasteiger partial charge in [0.05, 0.1) is 0 Å². The van der Waals surface area contributed by atoms with Crippen LogP contribution >= 0.6 is 0 Å². The molecule has 0 saturated heterocycles. The SMILES string of the molecule is Cc1ccc(-c2nn(C)nc2C(=O)O)cc1. The monoisotopic (exact) mass is 217 g/mol. The lowest BCUT2D eigenvalue weighted by Gasteiger charge is -1.98. The van der Waals surface area contributed by atoms with Crippen LogP contribution in [-0.2, 0) is 7.05 Å². The van der Waals surface area contributed by atoms with E-state index in [-0.39, 0.29) is 5.69 Å². The maximum Gasteiger partial charge on any atom is 0.358 e. The number of hydrogen-bond acceptors (Lipinski definition) is 3. The summed E-state index contributed by atoms with van der Waals surface area (Å²) in [5, 5.41) is 16.9. The molecule has 0 bridgehead atoms. The van der Waals surface area contributed by atoms with Crippen molar-refractivity contribution in [2.75, 3.05) is 0 Å². The van der Waals surface area contributed by atoms with Crippen molar-refractivity contribution in [2.45, 2.75) is 6.92 Å². The predicted molar refractivity (Wildman–Crippen MR) is 58.1 cm³/mol. The molecule has 0 spiro atoms. The van der Waals surface area contributed by atoms with Crippen LogP contribution in [0.2, 0.25) is 0 Å². The molecule has 0 aliphatic heterocycles. The summed E-state index contributed by atoms with van der Waals surface area (Å²) in [6.07, 6.45) is 0. The van der Waals surface area contributed by atoms with E-state index in [1.54, 1.807) is 7.05 Å². The minimum absolute atomic E-state index is 0.0219. The van der Waals surface area contributed by atoms with Crippen LogP contribution in [0.25, 0.3) is 11.3 Å². The molecule has 0 unspecified atom stereocenters. The maximum atomic E-state index is 11.0. The number of rotatable bonds is 2. The Bertz CT molecular complexity index is 529. The van der Waals surface area contributed by atoms with Crippen LogP contribution in [-0.4, -0.2) is 26.1 Å². The average molecular weight is 217 g/mol. The van der Waals surface area contributed by atoms with E-state index in [1.165, 1.54) is 4.80 Å². The molecule has 82 valence electrons. The van der Waals surface area contributed by atoms with Crippen LogP contribution in [0.3, 0.4) is 0 Å². The Hall–Kier alpha value is -2.17. The van der Waals surface area contributed by atoms with Gasteiger partial charge in [-0.15, -0.1) is 5.10 Å². The van der Waals surface area contributed by atoms with Gasteiger partial charge in [0.25, 0.3) is 0 Å². The number of carbonyl (C=O) groups is 1. The van der Waals surface area contributed by atoms with E-state index in [9.17, 15) is 4.79 Å². The van der Waals surface area contributed by atoms with Crippen molar-refractivity contribution in [2.24, 2.45) is 7.05 Å². The fourth-order valence-electron chi connectivity index (χ4n) is 1.46. The van der Waals surface area contributed by atoms with E-state index in [2.05, 4.69) is 10.2 Å². The molecule has 2 rings (SSSR count). The molecule has 0 atom stereocenters. The van der Waals surface area contributed by atoms with E-state index in [1.807, 2.05) is 31.2 Å². The minimum Gasteiger partial charge on any atom is -0.476 e. The maximum absolute atomic E-state index is 11.0. The Kier molecular flexibility index (Phi) is 2.44. The van der Waals surface area contributed by atoms with Gasteiger partial charge < -0.3 is 5.11 Å². The number of carboxylic acids is 1.